The molecule has 0 aliphatic rings. The molecule has 0 atom stereocenters. The highest BCUT2D eigenvalue weighted by atomic mass is 16.5. The summed E-state index contributed by atoms with van der Waals surface area (Å²) in [7, 11) is 1.54. The van der Waals surface area contributed by atoms with Gasteiger partial charge >= 0.3 is 0 Å². The maximum absolute atomic E-state index is 12.8. The number of ketones is 1. The van der Waals surface area contributed by atoms with Crippen molar-refractivity contribution in [2.45, 2.75) is 0 Å². The van der Waals surface area contributed by atoms with Crippen LogP contribution in [0.15, 0.2) is 66.7 Å². The summed E-state index contributed by atoms with van der Waals surface area (Å²) in [6.07, 6.45) is 0. The number of primary amides is 1. The number of nitrogens with zero attached hydrogens (tertiary/aromatic N) is 1. The minimum Gasteiger partial charge on any atom is -0.496 e. The minimum absolute atomic E-state index is 0.111. The molecule has 4 aromatic rings. The number of para-hydroxylation sites is 1. The Bertz CT molecular complexity index is 1190. The van der Waals surface area contributed by atoms with Crippen LogP contribution in [0.3, 0.4) is 0 Å². The summed E-state index contributed by atoms with van der Waals surface area (Å²) in [5, 5.41) is 0. The minimum atomic E-state index is -0.489. The number of aromatic nitrogens is 2. The summed E-state index contributed by atoms with van der Waals surface area (Å²) >= 11 is 0. The van der Waals surface area contributed by atoms with Crippen molar-refractivity contribution in [1.82, 2.24) is 9.97 Å². The third-order valence-corrected chi connectivity index (χ3v) is 4.54. The Balaban J connectivity index is 1.65. The normalized spacial score (nSPS) is 10.8. The van der Waals surface area contributed by atoms with E-state index in [1.54, 1.807) is 55.6 Å². The van der Waals surface area contributed by atoms with Crippen LogP contribution < -0.4 is 10.5 Å². The second-order valence-corrected chi connectivity index (χ2v) is 6.29. The number of benzene rings is 3. The van der Waals surface area contributed by atoms with E-state index in [4.69, 9.17) is 10.5 Å². The third-order valence-electron chi connectivity index (χ3n) is 4.54. The highest BCUT2D eigenvalue weighted by Crippen LogP contribution is 2.24. The van der Waals surface area contributed by atoms with Crippen LogP contribution in [-0.2, 0) is 0 Å². The molecule has 0 saturated carbocycles. The van der Waals surface area contributed by atoms with E-state index in [0.29, 0.717) is 28.3 Å². The van der Waals surface area contributed by atoms with Gasteiger partial charge in [-0.25, -0.2) is 4.98 Å². The van der Waals surface area contributed by atoms with Crippen molar-refractivity contribution in [3.63, 3.8) is 0 Å². The first-order valence-corrected chi connectivity index (χ1v) is 8.64. The molecule has 28 heavy (non-hydrogen) atoms. The molecular weight excluding hydrogens is 354 g/mol. The first kappa shape index (κ1) is 17.5. The summed E-state index contributed by atoms with van der Waals surface area (Å²) in [4.78, 5) is 31.8. The second kappa shape index (κ2) is 7.00. The van der Waals surface area contributed by atoms with Crippen LogP contribution in [-0.4, -0.2) is 28.8 Å². The Labute approximate surface area is 161 Å². The summed E-state index contributed by atoms with van der Waals surface area (Å²) < 4.78 is 5.27. The fourth-order valence-corrected chi connectivity index (χ4v) is 3.07. The van der Waals surface area contributed by atoms with E-state index in [-0.39, 0.29) is 5.78 Å². The van der Waals surface area contributed by atoms with Gasteiger partial charge in [0, 0.05) is 16.7 Å². The molecule has 6 nitrogen and oxygen atoms in total. The number of amides is 1. The lowest BCUT2D eigenvalue weighted by atomic mass is 10.0. The summed E-state index contributed by atoms with van der Waals surface area (Å²) in [6, 6.07) is 19.4. The van der Waals surface area contributed by atoms with Crippen LogP contribution in [0.2, 0.25) is 0 Å². The Morgan fingerprint density at radius 1 is 0.964 bits per heavy atom. The molecule has 1 aromatic heterocycles. The number of nitrogens with one attached hydrogen (secondary N) is 1. The molecule has 0 radical (unpaired) electrons. The number of nitrogens with two attached hydrogens (primary N) is 1. The average molecular weight is 371 g/mol. The van der Waals surface area contributed by atoms with E-state index in [0.717, 1.165) is 16.6 Å². The zero-order chi connectivity index (χ0) is 19.7. The number of H-pyrrole nitrogens is 1. The van der Waals surface area contributed by atoms with E-state index >= 15 is 0 Å². The van der Waals surface area contributed by atoms with Gasteiger partial charge in [0.2, 0.25) is 5.91 Å². The highest BCUT2D eigenvalue weighted by Gasteiger charge is 2.14. The van der Waals surface area contributed by atoms with Gasteiger partial charge in [-0.15, -0.1) is 0 Å². The van der Waals surface area contributed by atoms with Crippen molar-refractivity contribution in [3.8, 4) is 17.1 Å². The van der Waals surface area contributed by atoms with Crippen molar-refractivity contribution in [2.75, 3.05) is 7.11 Å². The number of fused-ring (bicyclic) bond motifs is 1. The topological polar surface area (TPSA) is 98.1 Å². The number of aromatic amines is 1. The number of ether oxygens (including phenoxy) is 1. The van der Waals surface area contributed by atoms with Crippen molar-refractivity contribution < 1.29 is 14.3 Å². The monoisotopic (exact) mass is 371 g/mol. The Morgan fingerprint density at radius 2 is 1.68 bits per heavy atom. The Morgan fingerprint density at radius 3 is 2.39 bits per heavy atom. The number of hydrogen-bond donors (Lipinski definition) is 2. The summed E-state index contributed by atoms with van der Waals surface area (Å²) in [6.45, 7) is 0. The van der Waals surface area contributed by atoms with Gasteiger partial charge in [-0.3, -0.25) is 9.59 Å². The fourth-order valence-electron chi connectivity index (χ4n) is 3.07. The predicted octanol–water partition coefficient (Wildman–Crippen LogP) is 3.57. The zero-order valence-electron chi connectivity index (χ0n) is 15.1. The van der Waals surface area contributed by atoms with E-state index in [1.807, 2.05) is 18.2 Å². The van der Waals surface area contributed by atoms with Crippen LogP contribution in [0.1, 0.15) is 26.3 Å². The van der Waals surface area contributed by atoms with Gasteiger partial charge in [-0.1, -0.05) is 36.4 Å². The quantitative estimate of drug-likeness (QED) is 0.524. The predicted molar refractivity (Wildman–Crippen MR) is 106 cm³/mol. The molecule has 0 bridgehead atoms. The first-order valence-electron chi connectivity index (χ1n) is 8.64. The van der Waals surface area contributed by atoms with Crippen LogP contribution in [0.5, 0.6) is 5.75 Å². The van der Waals surface area contributed by atoms with Crippen LogP contribution >= 0.6 is 0 Å². The molecule has 0 spiro atoms. The molecule has 1 amide bonds. The van der Waals surface area contributed by atoms with Gasteiger partial charge in [0.25, 0.3) is 0 Å². The molecule has 1 heterocycles. The average Bonchev–Trinajstić information content (AvgIpc) is 3.16. The zero-order valence-corrected chi connectivity index (χ0v) is 15.1. The van der Waals surface area contributed by atoms with Crippen molar-refractivity contribution in [1.29, 1.82) is 0 Å². The largest absolute Gasteiger partial charge is 0.496 e. The van der Waals surface area contributed by atoms with E-state index in [1.165, 1.54) is 0 Å². The molecule has 0 aliphatic heterocycles. The van der Waals surface area contributed by atoms with E-state index in [2.05, 4.69) is 9.97 Å². The third kappa shape index (κ3) is 3.12. The van der Waals surface area contributed by atoms with E-state index in [9.17, 15) is 9.59 Å². The molecule has 4 rings (SSSR count). The summed E-state index contributed by atoms with van der Waals surface area (Å²) in [5.41, 5.74) is 9.09. The maximum atomic E-state index is 12.8. The van der Waals surface area contributed by atoms with Gasteiger partial charge in [0.1, 0.15) is 11.6 Å². The number of carbonyl (C=O) groups excluding carboxylic acids is 2. The van der Waals surface area contributed by atoms with Crippen molar-refractivity contribution >= 4 is 22.7 Å². The molecule has 3 N–H and O–H groups in total. The maximum Gasteiger partial charge on any atom is 0.248 e. The fraction of sp³-hybridized carbons (Fsp3) is 0.0455. The number of hydrogen-bond acceptors (Lipinski definition) is 4. The molecule has 0 saturated heterocycles. The molecule has 3 aromatic carbocycles. The van der Waals surface area contributed by atoms with Gasteiger partial charge in [0.05, 0.1) is 23.7 Å². The lowest BCUT2D eigenvalue weighted by Gasteiger charge is -2.07. The van der Waals surface area contributed by atoms with E-state index < -0.39 is 5.91 Å². The second-order valence-electron chi connectivity index (χ2n) is 6.29. The first-order chi connectivity index (χ1) is 13.6. The SMILES string of the molecule is COc1ccccc1C(=O)c1ccc(-c2nc3ccc(C(N)=O)cc3[nH]2)cc1. The van der Waals surface area contributed by atoms with Gasteiger partial charge in [-0.05, 0) is 30.3 Å². The van der Waals surface area contributed by atoms with Crippen molar-refractivity contribution in [2.24, 2.45) is 5.73 Å². The van der Waals surface area contributed by atoms with Crippen LogP contribution in [0.25, 0.3) is 22.4 Å². The molecular formula is C22H17N3O3. The van der Waals surface area contributed by atoms with Gasteiger partial charge in [0.15, 0.2) is 5.78 Å². The standard InChI is InChI=1S/C22H17N3O3/c1-28-19-5-3-2-4-16(19)20(26)13-6-8-14(9-7-13)22-24-17-11-10-15(21(23)27)12-18(17)25-22/h2-12H,1H3,(H2,23,27)(H,24,25). The molecule has 6 heteroatoms. The lowest BCUT2D eigenvalue weighted by Crippen LogP contribution is -2.10. The number of carbonyl (C=O) groups is 2. The van der Waals surface area contributed by atoms with Gasteiger partial charge < -0.3 is 15.5 Å². The lowest BCUT2D eigenvalue weighted by molar-refractivity contribution is 0.0998. The smallest absolute Gasteiger partial charge is 0.248 e. The van der Waals surface area contributed by atoms with Gasteiger partial charge in [-0.2, -0.15) is 0 Å². The molecule has 138 valence electrons. The Kier molecular flexibility index (Phi) is 4.37. The number of methoxy groups -OCH3 is 1. The van der Waals surface area contributed by atoms with Crippen LogP contribution in [0.4, 0.5) is 0 Å². The van der Waals surface area contributed by atoms with Crippen molar-refractivity contribution in [3.05, 3.63) is 83.4 Å². The highest BCUT2D eigenvalue weighted by molar-refractivity contribution is 6.10. The number of imidazole rings is 1. The molecule has 0 aliphatic carbocycles. The van der Waals surface area contributed by atoms with Crippen LogP contribution in [0, 0.1) is 0 Å². The molecule has 0 fully saturated rings. The summed E-state index contributed by atoms with van der Waals surface area (Å²) in [5.74, 6) is 0.587. The number of rotatable bonds is 5. The molecule has 0 unspecified atom stereocenters. The Hall–Kier alpha value is -3.93.